The molecular weight excluding hydrogens is 290 g/mol. The summed E-state index contributed by atoms with van der Waals surface area (Å²) in [4.78, 5) is 18.5. The maximum atomic E-state index is 12.5. The highest BCUT2D eigenvalue weighted by molar-refractivity contribution is 7.88. The lowest BCUT2D eigenvalue weighted by atomic mass is 9.94. The molecule has 1 atom stereocenters. The van der Waals surface area contributed by atoms with Crippen LogP contribution >= 0.6 is 0 Å². The van der Waals surface area contributed by atoms with E-state index in [0.717, 1.165) is 12.1 Å². The number of sulfonamides is 1. The molecule has 2 fully saturated rings. The van der Waals surface area contributed by atoms with Gasteiger partial charge >= 0.3 is 0 Å². The molecule has 7 heteroatoms. The second kappa shape index (κ2) is 5.38. The van der Waals surface area contributed by atoms with Gasteiger partial charge in [-0.2, -0.15) is 4.31 Å². The third-order valence-electron chi connectivity index (χ3n) is 4.21. The molecule has 0 bridgehead atoms. The van der Waals surface area contributed by atoms with E-state index < -0.39 is 16.1 Å². The molecule has 21 heavy (non-hydrogen) atoms. The molecular formula is C14H19N3O3S. The second-order valence-electron chi connectivity index (χ2n) is 5.73. The molecule has 3 rings (SSSR count). The summed E-state index contributed by atoms with van der Waals surface area (Å²) in [5.41, 5.74) is 0.993. The highest BCUT2D eigenvalue weighted by atomic mass is 32.2. The molecule has 2 aliphatic rings. The van der Waals surface area contributed by atoms with Crippen LogP contribution in [0.15, 0.2) is 24.4 Å². The van der Waals surface area contributed by atoms with Crippen LogP contribution in [0.2, 0.25) is 0 Å². The molecule has 2 aliphatic heterocycles. The van der Waals surface area contributed by atoms with Crippen molar-refractivity contribution in [3.63, 3.8) is 0 Å². The summed E-state index contributed by atoms with van der Waals surface area (Å²) in [5, 5.41) is 0. The molecule has 0 unspecified atom stereocenters. The summed E-state index contributed by atoms with van der Waals surface area (Å²) in [6.07, 6.45) is 4.30. The number of nitrogens with zero attached hydrogens (tertiary/aromatic N) is 3. The van der Waals surface area contributed by atoms with Crippen molar-refractivity contribution in [3.8, 4) is 0 Å². The van der Waals surface area contributed by atoms with Gasteiger partial charge in [-0.1, -0.05) is 6.07 Å². The Morgan fingerprint density at radius 3 is 2.71 bits per heavy atom. The fourth-order valence-corrected chi connectivity index (χ4v) is 4.18. The Kier molecular flexibility index (Phi) is 3.71. The van der Waals surface area contributed by atoms with Crippen molar-refractivity contribution < 1.29 is 13.2 Å². The SMILES string of the molecule is CS(=O)(=O)N1CCC[C@H]1C(=O)N1CC(c2ccccn2)C1. The third kappa shape index (κ3) is 2.80. The Morgan fingerprint density at radius 2 is 2.10 bits per heavy atom. The minimum absolute atomic E-state index is 0.0647. The summed E-state index contributed by atoms with van der Waals surface area (Å²) in [5.74, 6) is 0.202. The van der Waals surface area contributed by atoms with Crippen molar-refractivity contribution in [2.45, 2.75) is 24.8 Å². The van der Waals surface area contributed by atoms with Crippen LogP contribution < -0.4 is 0 Å². The number of carbonyl (C=O) groups excluding carboxylic acids is 1. The van der Waals surface area contributed by atoms with Crippen molar-refractivity contribution in [3.05, 3.63) is 30.1 Å². The number of carbonyl (C=O) groups is 1. The first-order chi connectivity index (χ1) is 9.97. The second-order valence-corrected chi connectivity index (χ2v) is 7.66. The van der Waals surface area contributed by atoms with Crippen molar-refractivity contribution >= 4 is 15.9 Å². The van der Waals surface area contributed by atoms with E-state index in [4.69, 9.17) is 0 Å². The van der Waals surface area contributed by atoms with E-state index in [2.05, 4.69) is 4.98 Å². The van der Waals surface area contributed by atoms with Gasteiger partial charge in [0.2, 0.25) is 15.9 Å². The first-order valence-electron chi connectivity index (χ1n) is 7.13. The normalized spacial score (nSPS) is 24.0. The molecule has 2 saturated heterocycles. The highest BCUT2D eigenvalue weighted by Crippen LogP contribution is 2.29. The average Bonchev–Trinajstić information content (AvgIpc) is 2.87. The smallest absolute Gasteiger partial charge is 0.241 e. The number of aromatic nitrogens is 1. The van der Waals surface area contributed by atoms with E-state index in [1.807, 2.05) is 18.2 Å². The van der Waals surface area contributed by atoms with Gasteiger partial charge in [-0.3, -0.25) is 9.78 Å². The monoisotopic (exact) mass is 309 g/mol. The maximum Gasteiger partial charge on any atom is 0.241 e. The van der Waals surface area contributed by atoms with Gasteiger partial charge in [0.1, 0.15) is 6.04 Å². The fourth-order valence-electron chi connectivity index (χ4n) is 3.06. The van der Waals surface area contributed by atoms with E-state index >= 15 is 0 Å². The summed E-state index contributed by atoms with van der Waals surface area (Å²) in [6.45, 7) is 1.71. The first kappa shape index (κ1) is 14.5. The van der Waals surface area contributed by atoms with Crippen LogP contribution in [0.3, 0.4) is 0 Å². The molecule has 0 aromatic carbocycles. The molecule has 3 heterocycles. The molecule has 1 aromatic heterocycles. The number of hydrogen-bond acceptors (Lipinski definition) is 4. The lowest BCUT2D eigenvalue weighted by molar-refractivity contribution is -0.139. The molecule has 1 aromatic rings. The molecule has 0 spiro atoms. The van der Waals surface area contributed by atoms with Crippen molar-refractivity contribution in [2.75, 3.05) is 25.9 Å². The Hall–Kier alpha value is -1.47. The zero-order valence-electron chi connectivity index (χ0n) is 12.0. The van der Waals surface area contributed by atoms with E-state index in [0.29, 0.717) is 26.1 Å². The molecule has 0 saturated carbocycles. The fraction of sp³-hybridized carbons (Fsp3) is 0.571. The summed E-state index contributed by atoms with van der Waals surface area (Å²) in [7, 11) is -3.31. The number of pyridine rings is 1. The van der Waals surface area contributed by atoms with Crippen LogP contribution in [0.4, 0.5) is 0 Å². The van der Waals surface area contributed by atoms with Gasteiger partial charge in [0.15, 0.2) is 0 Å². The van der Waals surface area contributed by atoms with Gasteiger partial charge in [0, 0.05) is 37.4 Å². The van der Waals surface area contributed by atoms with Crippen LogP contribution in [0, 0.1) is 0 Å². The largest absolute Gasteiger partial charge is 0.340 e. The number of likely N-dealkylation sites (tertiary alicyclic amines) is 1. The predicted molar refractivity (Wildman–Crippen MR) is 78.1 cm³/mol. The van der Waals surface area contributed by atoms with Crippen molar-refractivity contribution in [1.29, 1.82) is 0 Å². The van der Waals surface area contributed by atoms with Gasteiger partial charge < -0.3 is 4.90 Å². The maximum absolute atomic E-state index is 12.5. The summed E-state index contributed by atoms with van der Waals surface area (Å²) in [6, 6.07) is 5.26. The van der Waals surface area contributed by atoms with E-state index in [1.54, 1.807) is 11.1 Å². The Labute approximate surface area is 124 Å². The lowest BCUT2D eigenvalue weighted by Gasteiger charge is -2.41. The van der Waals surface area contributed by atoms with Crippen molar-refractivity contribution in [1.82, 2.24) is 14.2 Å². The number of amides is 1. The summed E-state index contributed by atoms with van der Waals surface area (Å²) < 4.78 is 24.8. The van der Waals surface area contributed by atoms with Gasteiger partial charge in [0.05, 0.1) is 6.26 Å². The van der Waals surface area contributed by atoms with E-state index in [1.165, 1.54) is 10.6 Å². The minimum Gasteiger partial charge on any atom is -0.340 e. The third-order valence-corrected chi connectivity index (χ3v) is 5.50. The predicted octanol–water partition coefficient (Wildman–Crippen LogP) is 0.431. The topological polar surface area (TPSA) is 70.6 Å². The van der Waals surface area contributed by atoms with Crippen LogP contribution in [0.25, 0.3) is 0 Å². The van der Waals surface area contributed by atoms with Gasteiger partial charge in [-0.25, -0.2) is 8.42 Å². The quantitative estimate of drug-likeness (QED) is 0.812. The number of rotatable bonds is 3. The first-order valence-corrected chi connectivity index (χ1v) is 8.98. The Balaban J connectivity index is 1.63. The molecule has 0 N–H and O–H groups in total. The van der Waals surface area contributed by atoms with Crippen LogP contribution in [-0.2, 0) is 14.8 Å². The molecule has 1 amide bonds. The van der Waals surface area contributed by atoms with Gasteiger partial charge in [-0.05, 0) is 25.0 Å². The zero-order valence-corrected chi connectivity index (χ0v) is 12.8. The zero-order chi connectivity index (χ0) is 15.0. The van der Waals surface area contributed by atoms with Gasteiger partial charge in [-0.15, -0.1) is 0 Å². The molecule has 114 valence electrons. The van der Waals surface area contributed by atoms with Gasteiger partial charge in [0.25, 0.3) is 0 Å². The average molecular weight is 309 g/mol. The number of hydrogen-bond donors (Lipinski definition) is 0. The van der Waals surface area contributed by atoms with Crippen LogP contribution in [-0.4, -0.2) is 60.4 Å². The Bertz CT molecular complexity index is 626. The van der Waals surface area contributed by atoms with Crippen LogP contribution in [0.5, 0.6) is 0 Å². The molecule has 0 radical (unpaired) electrons. The van der Waals surface area contributed by atoms with Crippen molar-refractivity contribution in [2.24, 2.45) is 0 Å². The van der Waals surface area contributed by atoms with E-state index in [9.17, 15) is 13.2 Å². The van der Waals surface area contributed by atoms with E-state index in [-0.39, 0.29) is 11.8 Å². The van der Waals surface area contributed by atoms with Crippen LogP contribution in [0.1, 0.15) is 24.5 Å². The standard InChI is InChI=1S/C14H19N3O3S/c1-21(19,20)17-8-4-6-13(17)14(18)16-9-11(10-16)12-5-2-3-7-15-12/h2-3,5,7,11,13H,4,6,8-10H2,1H3/t13-/m0/s1. The highest BCUT2D eigenvalue weighted by Gasteiger charge is 2.42. The minimum atomic E-state index is -3.31. The summed E-state index contributed by atoms with van der Waals surface area (Å²) >= 11 is 0. The lowest BCUT2D eigenvalue weighted by Crippen LogP contribution is -2.55. The Morgan fingerprint density at radius 1 is 1.33 bits per heavy atom. The molecule has 0 aliphatic carbocycles. The molecule has 6 nitrogen and oxygen atoms in total.